The lowest BCUT2D eigenvalue weighted by Crippen LogP contribution is -2.23. The van der Waals surface area contributed by atoms with Gasteiger partial charge < -0.3 is 5.32 Å². The number of rotatable bonds is 7. The zero-order chi connectivity index (χ0) is 23.5. The smallest absolute Gasteiger partial charge is 0.266 e. The lowest BCUT2D eigenvalue weighted by atomic mass is 10.0. The van der Waals surface area contributed by atoms with Gasteiger partial charge in [-0.2, -0.15) is 0 Å². The molecule has 2 aromatic heterocycles. The van der Waals surface area contributed by atoms with E-state index in [2.05, 4.69) is 25.2 Å². The van der Waals surface area contributed by atoms with Gasteiger partial charge in [0, 0.05) is 16.8 Å². The Kier molecular flexibility index (Phi) is 6.47. The maximum absolute atomic E-state index is 13.6. The van der Waals surface area contributed by atoms with Crippen molar-refractivity contribution in [2.24, 2.45) is 0 Å². The summed E-state index contributed by atoms with van der Waals surface area (Å²) in [4.78, 5) is 23.2. The third-order valence-corrected chi connectivity index (χ3v) is 7.25. The molecule has 5 nitrogen and oxygen atoms in total. The first-order valence-corrected chi connectivity index (χ1v) is 13.0. The molecule has 0 aliphatic heterocycles. The van der Waals surface area contributed by atoms with Crippen LogP contribution < -0.4 is 10.9 Å². The highest BCUT2D eigenvalue weighted by molar-refractivity contribution is 7.98. The Hall–Kier alpha value is -3.42. The van der Waals surface area contributed by atoms with E-state index in [4.69, 9.17) is 9.97 Å². The van der Waals surface area contributed by atoms with Crippen molar-refractivity contribution in [3.8, 4) is 5.69 Å². The second-order valence-electron chi connectivity index (χ2n) is 8.19. The van der Waals surface area contributed by atoms with Crippen molar-refractivity contribution in [2.75, 3.05) is 5.32 Å². The summed E-state index contributed by atoms with van der Waals surface area (Å²) in [6, 6.07) is 25.6. The predicted octanol–water partition coefficient (Wildman–Crippen LogP) is 7.00. The first-order chi connectivity index (χ1) is 16.6. The van der Waals surface area contributed by atoms with Crippen LogP contribution in [0.2, 0.25) is 0 Å². The van der Waals surface area contributed by atoms with Crippen LogP contribution in [0.4, 0.5) is 10.8 Å². The van der Waals surface area contributed by atoms with E-state index in [1.807, 2.05) is 78.2 Å². The summed E-state index contributed by atoms with van der Waals surface area (Å²) in [5, 5.41) is 7.52. The normalized spacial score (nSPS) is 11.3. The average Bonchev–Trinajstić information content (AvgIpc) is 3.30. The molecule has 0 spiro atoms. The Morgan fingerprint density at radius 1 is 0.941 bits per heavy atom. The lowest BCUT2D eigenvalue weighted by Gasteiger charge is -2.18. The first kappa shape index (κ1) is 22.4. The van der Waals surface area contributed by atoms with Gasteiger partial charge in [0.15, 0.2) is 10.3 Å². The minimum atomic E-state index is -0.0501. The number of thiazole rings is 1. The number of hydrogen-bond donors (Lipinski definition) is 1. The van der Waals surface area contributed by atoms with E-state index in [1.165, 1.54) is 11.8 Å². The van der Waals surface area contributed by atoms with Crippen LogP contribution in [-0.4, -0.2) is 14.5 Å². The third kappa shape index (κ3) is 4.62. The molecule has 0 atom stereocenters. The van der Waals surface area contributed by atoms with E-state index >= 15 is 0 Å². The number of aromatic nitrogens is 3. The summed E-state index contributed by atoms with van der Waals surface area (Å²) >= 11 is 3.10. The van der Waals surface area contributed by atoms with Gasteiger partial charge in [-0.25, -0.2) is 9.97 Å². The van der Waals surface area contributed by atoms with Gasteiger partial charge in [-0.05, 0) is 41.8 Å². The summed E-state index contributed by atoms with van der Waals surface area (Å²) in [6.45, 7) is 4.28. The molecule has 5 aromatic rings. The molecule has 0 radical (unpaired) electrons. The van der Waals surface area contributed by atoms with E-state index in [1.54, 1.807) is 15.9 Å². The highest BCUT2D eigenvalue weighted by atomic mass is 32.2. The van der Waals surface area contributed by atoms with E-state index in [0.717, 1.165) is 27.8 Å². The molecule has 5 rings (SSSR count). The van der Waals surface area contributed by atoms with Gasteiger partial charge in [0.05, 0.1) is 22.3 Å². The number of nitrogens with one attached hydrogen (secondary N) is 1. The standard InChI is InChI=1S/C27H24N4OS2/c1-18(2)21-12-7-9-15-24(21)31-25(32)22-13-6-8-14-23(22)30-27(31)34-17-20-16-33-26(29-20)28-19-10-4-3-5-11-19/h3-16,18H,17H2,1-2H3,(H,28,29). The van der Waals surface area contributed by atoms with Crippen molar-refractivity contribution in [2.45, 2.75) is 30.7 Å². The quantitative estimate of drug-likeness (QED) is 0.199. The molecule has 0 aliphatic carbocycles. The fourth-order valence-electron chi connectivity index (χ4n) is 3.82. The zero-order valence-electron chi connectivity index (χ0n) is 18.9. The van der Waals surface area contributed by atoms with Crippen molar-refractivity contribution >= 4 is 44.8 Å². The molecule has 3 aromatic carbocycles. The molecule has 2 heterocycles. The Morgan fingerprint density at radius 3 is 2.50 bits per heavy atom. The lowest BCUT2D eigenvalue weighted by molar-refractivity contribution is 0.780. The molecule has 34 heavy (non-hydrogen) atoms. The molecule has 0 unspecified atom stereocenters. The summed E-state index contributed by atoms with van der Waals surface area (Å²) in [5.74, 6) is 0.888. The summed E-state index contributed by atoms with van der Waals surface area (Å²) < 4.78 is 1.76. The number of anilines is 2. The molecule has 0 aliphatic rings. The largest absolute Gasteiger partial charge is 0.332 e. The highest BCUT2D eigenvalue weighted by Crippen LogP contribution is 2.30. The molecule has 0 bridgehead atoms. The van der Waals surface area contributed by atoms with Gasteiger partial charge in [-0.15, -0.1) is 11.3 Å². The number of thioether (sulfide) groups is 1. The molecule has 1 N–H and O–H groups in total. The molecule has 0 saturated heterocycles. The summed E-state index contributed by atoms with van der Waals surface area (Å²) in [7, 11) is 0. The maximum atomic E-state index is 13.6. The van der Waals surface area contributed by atoms with Crippen molar-refractivity contribution < 1.29 is 0 Å². The molecular formula is C27H24N4OS2. The van der Waals surface area contributed by atoms with Crippen LogP contribution in [0.25, 0.3) is 16.6 Å². The monoisotopic (exact) mass is 484 g/mol. The molecule has 0 saturated carbocycles. The van der Waals surface area contributed by atoms with Crippen LogP contribution in [0.15, 0.2) is 94.2 Å². The van der Waals surface area contributed by atoms with Gasteiger partial charge in [0.2, 0.25) is 0 Å². The fraction of sp³-hybridized carbons (Fsp3) is 0.148. The molecule has 7 heteroatoms. The fourth-order valence-corrected chi connectivity index (χ4v) is 5.55. The first-order valence-electron chi connectivity index (χ1n) is 11.1. The zero-order valence-corrected chi connectivity index (χ0v) is 20.6. The van der Waals surface area contributed by atoms with E-state index in [0.29, 0.717) is 21.8 Å². The van der Waals surface area contributed by atoms with Crippen molar-refractivity contribution in [1.82, 2.24) is 14.5 Å². The minimum Gasteiger partial charge on any atom is -0.332 e. The van der Waals surface area contributed by atoms with Gasteiger partial charge in [-0.3, -0.25) is 9.36 Å². The van der Waals surface area contributed by atoms with E-state index in [-0.39, 0.29) is 11.5 Å². The van der Waals surface area contributed by atoms with Crippen molar-refractivity contribution in [3.63, 3.8) is 0 Å². The Labute approximate surface area is 206 Å². The van der Waals surface area contributed by atoms with Gasteiger partial charge >= 0.3 is 0 Å². The van der Waals surface area contributed by atoms with Crippen LogP contribution >= 0.6 is 23.1 Å². The van der Waals surface area contributed by atoms with Crippen molar-refractivity contribution in [3.05, 3.63) is 106 Å². The Morgan fingerprint density at radius 2 is 1.68 bits per heavy atom. The van der Waals surface area contributed by atoms with Crippen molar-refractivity contribution in [1.29, 1.82) is 0 Å². The highest BCUT2D eigenvalue weighted by Gasteiger charge is 2.17. The number of nitrogens with zero attached hydrogens (tertiary/aromatic N) is 3. The number of hydrogen-bond acceptors (Lipinski definition) is 6. The van der Waals surface area contributed by atoms with Crippen LogP contribution in [0, 0.1) is 0 Å². The van der Waals surface area contributed by atoms with Gasteiger partial charge in [-0.1, -0.05) is 74.1 Å². The Balaban J connectivity index is 1.50. The number of para-hydroxylation sites is 3. The maximum Gasteiger partial charge on any atom is 0.266 e. The molecule has 0 amide bonds. The summed E-state index contributed by atoms with van der Waals surface area (Å²) in [6.07, 6.45) is 0. The third-order valence-electron chi connectivity index (χ3n) is 5.47. The average molecular weight is 485 g/mol. The molecule has 0 fully saturated rings. The predicted molar refractivity (Wildman–Crippen MR) is 143 cm³/mol. The number of fused-ring (bicyclic) bond motifs is 1. The molecule has 170 valence electrons. The second-order valence-corrected chi connectivity index (χ2v) is 9.99. The number of benzene rings is 3. The van der Waals surface area contributed by atoms with E-state index < -0.39 is 0 Å². The van der Waals surface area contributed by atoms with Crippen LogP contribution in [-0.2, 0) is 5.75 Å². The molecular weight excluding hydrogens is 460 g/mol. The SMILES string of the molecule is CC(C)c1ccccc1-n1c(SCc2csc(Nc3ccccc3)n2)nc2ccccc2c1=O. The van der Waals surface area contributed by atoms with Gasteiger partial charge in [0.1, 0.15) is 0 Å². The van der Waals surface area contributed by atoms with E-state index in [9.17, 15) is 4.79 Å². The summed E-state index contributed by atoms with van der Waals surface area (Å²) in [5.41, 5.74) is 4.61. The second kappa shape index (κ2) is 9.83. The topological polar surface area (TPSA) is 59.8 Å². The van der Waals surface area contributed by atoms with Crippen LogP contribution in [0.5, 0.6) is 0 Å². The van der Waals surface area contributed by atoms with Crippen LogP contribution in [0.1, 0.15) is 31.0 Å². The van der Waals surface area contributed by atoms with Crippen LogP contribution in [0.3, 0.4) is 0 Å². The Bertz CT molecular complexity index is 1490. The minimum absolute atomic E-state index is 0.0501. The van der Waals surface area contributed by atoms with Gasteiger partial charge in [0.25, 0.3) is 5.56 Å².